The summed E-state index contributed by atoms with van der Waals surface area (Å²) in [5.74, 6) is 0.516. The standard InChI is InChI=1S/C18H26N2O4/c1-24-15-9-7-14(8-10-15)16(21)12-19-17(22)13-20-11-5-3-2-4-6-18(20)23/h7-10,16,21H,2-6,11-13H2,1H3,(H,19,22)/t16-/m0/s1. The van der Waals surface area contributed by atoms with Gasteiger partial charge in [-0.1, -0.05) is 25.0 Å². The summed E-state index contributed by atoms with van der Waals surface area (Å²) in [6.07, 6.45) is 3.74. The smallest absolute Gasteiger partial charge is 0.239 e. The van der Waals surface area contributed by atoms with E-state index in [4.69, 9.17) is 4.74 Å². The quantitative estimate of drug-likeness (QED) is 0.829. The van der Waals surface area contributed by atoms with Crippen LogP contribution < -0.4 is 10.1 Å². The van der Waals surface area contributed by atoms with Crippen LogP contribution in [0.5, 0.6) is 5.75 Å². The number of hydrogen-bond acceptors (Lipinski definition) is 4. The molecular weight excluding hydrogens is 308 g/mol. The number of nitrogens with zero attached hydrogens (tertiary/aromatic N) is 1. The molecule has 6 nitrogen and oxygen atoms in total. The van der Waals surface area contributed by atoms with Crippen molar-refractivity contribution in [1.29, 1.82) is 0 Å². The molecule has 1 aromatic rings. The van der Waals surface area contributed by atoms with Crippen LogP contribution in [0.25, 0.3) is 0 Å². The highest BCUT2D eigenvalue weighted by Gasteiger charge is 2.19. The third-order valence-corrected chi connectivity index (χ3v) is 4.25. The van der Waals surface area contributed by atoms with Crippen molar-refractivity contribution in [3.05, 3.63) is 29.8 Å². The van der Waals surface area contributed by atoms with Gasteiger partial charge >= 0.3 is 0 Å². The Bertz CT molecular complexity index is 544. The predicted octanol–water partition coefficient (Wildman–Crippen LogP) is 1.64. The number of rotatable bonds is 6. The second kappa shape index (κ2) is 9.27. The van der Waals surface area contributed by atoms with Gasteiger partial charge in [-0.15, -0.1) is 0 Å². The fraction of sp³-hybridized carbons (Fsp3) is 0.556. The Labute approximate surface area is 142 Å². The van der Waals surface area contributed by atoms with Gasteiger partial charge in [0.15, 0.2) is 0 Å². The van der Waals surface area contributed by atoms with Gasteiger partial charge in [-0.25, -0.2) is 0 Å². The lowest BCUT2D eigenvalue weighted by molar-refractivity contribution is -0.136. The molecule has 1 heterocycles. The molecule has 6 heteroatoms. The van der Waals surface area contributed by atoms with Gasteiger partial charge < -0.3 is 20.1 Å². The zero-order valence-electron chi connectivity index (χ0n) is 14.2. The number of amides is 2. The molecule has 1 aliphatic heterocycles. The fourth-order valence-corrected chi connectivity index (χ4v) is 2.77. The summed E-state index contributed by atoms with van der Waals surface area (Å²) < 4.78 is 5.07. The molecule has 132 valence electrons. The highest BCUT2D eigenvalue weighted by atomic mass is 16.5. The SMILES string of the molecule is COc1ccc([C@@H](O)CNC(=O)CN2CCCCCCC2=O)cc1. The van der Waals surface area contributed by atoms with Crippen molar-refractivity contribution >= 4 is 11.8 Å². The van der Waals surface area contributed by atoms with E-state index in [1.54, 1.807) is 36.3 Å². The van der Waals surface area contributed by atoms with Crippen LogP contribution in [0.2, 0.25) is 0 Å². The zero-order valence-corrected chi connectivity index (χ0v) is 14.2. The molecule has 1 fully saturated rings. The molecule has 0 saturated carbocycles. The lowest BCUT2D eigenvalue weighted by atomic mass is 10.1. The van der Waals surface area contributed by atoms with Gasteiger partial charge in [-0.05, 0) is 30.5 Å². The molecule has 0 unspecified atom stereocenters. The number of carbonyl (C=O) groups is 2. The molecule has 1 aliphatic rings. The number of nitrogens with one attached hydrogen (secondary N) is 1. The largest absolute Gasteiger partial charge is 0.497 e. The number of hydrogen-bond donors (Lipinski definition) is 2. The number of likely N-dealkylation sites (tertiary alicyclic amines) is 1. The minimum atomic E-state index is -0.789. The lowest BCUT2D eigenvalue weighted by Crippen LogP contribution is -2.42. The topological polar surface area (TPSA) is 78.9 Å². The molecule has 1 saturated heterocycles. The summed E-state index contributed by atoms with van der Waals surface area (Å²) >= 11 is 0. The predicted molar refractivity (Wildman–Crippen MR) is 90.6 cm³/mol. The Morgan fingerprint density at radius 2 is 1.96 bits per heavy atom. The maximum atomic E-state index is 12.1. The summed E-state index contributed by atoms with van der Waals surface area (Å²) in [5, 5.41) is 12.8. The number of benzene rings is 1. The first-order valence-corrected chi connectivity index (χ1v) is 8.46. The van der Waals surface area contributed by atoms with E-state index >= 15 is 0 Å². The van der Waals surface area contributed by atoms with Crippen molar-refractivity contribution in [3.8, 4) is 5.75 Å². The van der Waals surface area contributed by atoms with E-state index in [9.17, 15) is 14.7 Å². The number of aliphatic hydroxyl groups excluding tert-OH is 1. The molecular formula is C18H26N2O4. The van der Waals surface area contributed by atoms with E-state index in [2.05, 4.69) is 5.32 Å². The number of ether oxygens (including phenoxy) is 1. The van der Waals surface area contributed by atoms with Crippen LogP contribution >= 0.6 is 0 Å². The Hall–Kier alpha value is -2.08. The van der Waals surface area contributed by atoms with Crippen LogP contribution in [0.4, 0.5) is 0 Å². The maximum Gasteiger partial charge on any atom is 0.239 e. The normalized spacial score (nSPS) is 16.9. The van der Waals surface area contributed by atoms with E-state index in [1.807, 2.05) is 0 Å². The van der Waals surface area contributed by atoms with E-state index < -0.39 is 6.10 Å². The van der Waals surface area contributed by atoms with Crippen molar-refractivity contribution in [2.45, 2.75) is 38.2 Å². The third kappa shape index (κ3) is 5.53. The van der Waals surface area contributed by atoms with E-state index in [-0.39, 0.29) is 24.9 Å². The van der Waals surface area contributed by atoms with Crippen molar-refractivity contribution < 1.29 is 19.4 Å². The van der Waals surface area contributed by atoms with Crippen molar-refractivity contribution in [1.82, 2.24) is 10.2 Å². The van der Waals surface area contributed by atoms with E-state index in [0.717, 1.165) is 25.7 Å². The van der Waals surface area contributed by atoms with Gasteiger partial charge in [0.05, 0.1) is 19.8 Å². The van der Waals surface area contributed by atoms with Crippen LogP contribution in [0.15, 0.2) is 24.3 Å². The van der Waals surface area contributed by atoms with Crippen LogP contribution in [0, 0.1) is 0 Å². The molecule has 0 bridgehead atoms. The Morgan fingerprint density at radius 1 is 1.25 bits per heavy atom. The van der Waals surface area contributed by atoms with Gasteiger partial charge in [0.25, 0.3) is 0 Å². The molecule has 1 atom stereocenters. The molecule has 1 aromatic carbocycles. The zero-order chi connectivity index (χ0) is 17.4. The molecule has 2 N–H and O–H groups in total. The first-order chi connectivity index (χ1) is 11.6. The van der Waals surface area contributed by atoms with Crippen LogP contribution in [0.1, 0.15) is 43.8 Å². The molecule has 0 aromatic heterocycles. The molecule has 0 aliphatic carbocycles. The number of carbonyl (C=O) groups excluding carboxylic acids is 2. The highest BCUT2D eigenvalue weighted by molar-refractivity contribution is 5.84. The second-order valence-electron chi connectivity index (χ2n) is 6.07. The fourth-order valence-electron chi connectivity index (χ4n) is 2.77. The van der Waals surface area contributed by atoms with Gasteiger partial charge in [0.1, 0.15) is 5.75 Å². The lowest BCUT2D eigenvalue weighted by Gasteiger charge is -2.24. The summed E-state index contributed by atoms with van der Waals surface area (Å²) in [5.41, 5.74) is 0.707. The third-order valence-electron chi connectivity index (χ3n) is 4.25. The summed E-state index contributed by atoms with van der Waals surface area (Å²) in [6, 6.07) is 7.05. The molecule has 2 amide bonds. The van der Waals surface area contributed by atoms with Gasteiger partial charge in [0.2, 0.25) is 11.8 Å². The summed E-state index contributed by atoms with van der Waals surface area (Å²) in [4.78, 5) is 25.7. The van der Waals surface area contributed by atoms with Crippen LogP contribution in [-0.2, 0) is 9.59 Å². The summed E-state index contributed by atoms with van der Waals surface area (Å²) in [7, 11) is 1.58. The maximum absolute atomic E-state index is 12.1. The van der Waals surface area contributed by atoms with Crippen molar-refractivity contribution in [2.24, 2.45) is 0 Å². The molecule has 0 spiro atoms. The van der Waals surface area contributed by atoms with Gasteiger partial charge in [-0.2, -0.15) is 0 Å². The molecule has 24 heavy (non-hydrogen) atoms. The Kier molecular flexibility index (Phi) is 7.06. The number of aliphatic hydroxyl groups is 1. The first kappa shape index (κ1) is 18.3. The minimum Gasteiger partial charge on any atom is -0.497 e. The van der Waals surface area contributed by atoms with Crippen LogP contribution in [-0.4, -0.2) is 48.6 Å². The monoisotopic (exact) mass is 334 g/mol. The Morgan fingerprint density at radius 3 is 2.67 bits per heavy atom. The molecule has 0 radical (unpaired) electrons. The minimum absolute atomic E-state index is 0.0422. The van der Waals surface area contributed by atoms with Gasteiger partial charge in [0, 0.05) is 19.5 Å². The van der Waals surface area contributed by atoms with E-state index in [1.165, 1.54) is 0 Å². The number of methoxy groups -OCH3 is 1. The summed E-state index contributed by atoms with van der Waals surface area (Å²) in [6.45, 7) is 0.814. The second-order valence-corrected chi connectivity index (χ2v) is 6.07. The van der Waals surface area contributed by atoms with E-state index in [0.29, 0.717) is 24.3 Å². The average molecular weight is 334 g/mol. The highest BCUT2D eigenvalue weighted by Crippen LogP contribution is 2.17. The van der Waals surface area contributed by atoms with Gasteiger partial charge in [-0.3, -0.25) is 9.59 Å². The first-order valence-electron chi connectivity index (χ1n) is 8.46. The van der Waals surface area contributed by atoms with Crippen molar-refractivity contribution in [2.75, 3.05) is 26.7 Å². The molecule has 2 rings (SSSR count). The van der Waals surface area contributed by atoms with Crippen LogP contribution in [0.3, 0.4) is 0 Å². The Balaban J connectivity index is 1.79. The van der Waals surface area contributed by atoms with Crippen molar-refractivity contribution in [3.63, 3.8) is 0 Å². The average Bonchev–Trinajstić information content (AvgIpc) is 2.59.